The molecule has 0 saturated carbocycles. The first kappa shape index (κ1) is 12.5. The number of benzene rings is 2. The van der Waals surface area contributed by atoms with Crippen molar-refractivity contribution in [2.24, 2.45) is 0 Å². The molecule has 0 unspecified atom stereocenters. The fourth-order valence-electron chi connectivity index (χ4n) is 1.69. The lowest BCUT2D eigenvalue weighted by molar-refractivity contribution is 1.29. The maximum Gasteiger partial charge on any atom is 0.0991 e. The summed E-state index contributed by atoms with van der Waals surface area (Å²) in [7, 11) is 0. The van der Waals surface area contributed by atoms with Crippen LogP contribution in [0.5, 0.6) is 0 Å². The zero-order chi connectivity index (χ0) is 13.0. The maximum atomic E-state index is 8.83. The van der Waals surface area contributed by atoms with Crippen LogP contribution in [0.4, 0.5) is 5.69 Å². The highest BCUT2D eigenvalue weighted by molar-refractivity contribution is 7.98. The standard InChI is InChI=1S/C15H14N2S/c1-11-8-12(9-16)6-7-13(11)10-18-15-5-3-2-4-14(15)17/h2-8H,10,17H2,1H3. The third-order valence-electron chi connectivity index (χ3n) is 2.77. The van der Waals surface area contributed by atoms with Gasteiger partial charge in [0.1, 0.15) is 0 Å². The molecule has 0 aromatic heterocycles. The summed E-state index contributed by atoms with van der Waals surface area (Å²) in [5.74, 6) is 0.867. The van der Waals surface area contributed by atoms with E-state index >= 15 is 0 Å². The molecule has 0 aliphatic carbocycles. The Balaban J connectivity index is 2.12. The van der Waals surface area contributed by atoms with Crippen LogP contribution in [0.25, 0.3) is 0 Å². The van der Waals surface area contributed by atoms with Crippen molar-refractivity contribution in [1.29, 1.82) is 5.26 Å². The van der Waals surface area contributed by atoms with E-state index in [1.807, 2.05) is 49.4 Å². The number of nitrogen functional groups attached to an aromatic ring is 1. The molecule has 90 valence electrons. The van der Waals surface area contributed by atoms with Crippen LogP contribution >= 0.6 is 11.8 Å². The minimum atomic E-state index is 0.709. The number of para-hydroxylation sites is 1. The summed E-state index contributed by atoms with van der Waals surface area (Å²) in [5.41, 5.74) is 9.81. The van der Waals surface area contributed by atoms with Crippen molar-refractivity contribution in [3.63, 3.8) is 0 Å². The number of aryl methyl sites for hydroxylation is 1. The summed E-state index contributed by atoms with van der Waals surface area (Å²) in [4.78, 5) is 1.10. The molecule has 18 heavy (non-hydrogen) atoms. The van der Waals surface area contributed by atoms with E-state index in [-0.39, 0.29) is 0 Å². The SMILES string of the molecule is Cc1cc(C#N)ccc1CSc1ccccc1N. The molecular formula is C15H14N2S. The van der Waals surface area contributed by atoms with Gasteiger partial charge in [-0.3, -0.25) is 0 Å². The van der Waals surface area contributed by atoms with E-state index in [0.29, 0.717) is 5.56 Å². The van der Waals surface area contributed by atoms with Gasteiger partial charge in [0.05, 0.1) is 11.6 Å². The van der Waals surface area contributed by atoms with Gasteiger partial charge in [-0.15, -0.1) is 11.8 Å². The molecule has 0 aliphatic heterocycles. The van der Waals surface area contributed by atoms with Crippen molar-refractivity contribution in [2.45, 2.75) is 17.6 Å². The number of rotatable bonds is 3. The Hall–Kier alpha value is -1.92. The van der Waals surface area contributed by atoms with Gasteiger partial charge in [-0.1, -0.05) is 18.2 Å². The van der Waals surface area contributed by atoms with Crippen molar-refractivity contribution < 1.29 is 0 Å². The Morgan fingerprint density at radius 1 is 1.22 bits per heavy atom. The van der Waals surface area contributed by atoms with Crippen molar-refractivity contribution in [3.8, 4) is 6.07 Å². The van der Waals surface area contributed by atoms with Crippen LogP contribution in [-0.4, -0.2) is 0 Å². The Labute approximate surface area is 111 Å². The number of nitrogens with zero attached hydrogens (tertiary/aromatic N) is 1. The fourth-order valence-corrected chi connectivity index (χ4v) is 2.74. The quantitative estimate of drug-likeness (QED) is 0.670. The van der Waals surface area contributed by atoms with E-state index in [4.69, 9.17) is 11.0 Å². The van der Waals surface area contributed by atoms with Crippen LogP contribution < -0.4 is 5.73 Å². The lowest BCUT2D eigenvalue weighted by Crippen LogP contribution is -1.90. The fraction of sp³-hybridized carbons (Fsp3) is 0.133. The van der Waals surface area contributed by atoms with E-state index in [0.717, 1.165) is 21.9 Å². The van der Waals surface area contributed by atoms with Gasteiger partial charge < -0.3 is 5.73 Å². The summed E-state index contributed by atoms with van der Waals surface area (Å²) in [5, 5.41) is 8.83. The van der Waals surface area contributed by atoms with Crippen LogP contribution in [-0.2, 0) is 5.75 Å². The predicted molar refractivity (Wildman–Crippen MR) is 76.3 cm³/mol. The first-order valence-corrected chi connectivity index (χ1v) is 6.66. The second-order valence-electron chi connectivity index (χ2n) is 4.08. The van der Waals surface area contributed by atoms with Crippen LogP contribution in [0.1, 0.15) is 16.7 Å². The molecular weight excluding hydrogens is 240 g/mol. The molecule has 3 heteroatoms. The summed E-state index contributed by atoms with van der Waals surface area (Å²) in [6.07, 6.45) is 0. The highest BCUT2D eigenvalue weighted by Gasteiger charge is 2.03. The summed E-state index contributed by atoms with van der Waals surface area (Å²) < 4.78 is 0. The minimum absolute atomic E-state index is 0.709. The van der Waals surface area contributed by atoms with Crippen LogP contribution in [0.15, 0.2) is 47.4 Å². The lowest BCUT2D eigenvalue weighted by atomic mass is 10.1. The molecule has 2 rings (SSSR count). The number of nitriles is 1. The number of thioether (sulfide) groups is 1. The largest absolute Gasteiger partial charge is 0.398 e. The number of nitrogens with two attached hydrogens (primary N) is 1. The first-order valence-electron chi connectivity index (χ1n) is 5.67. The molecule has 0 radical (unpaired) electrons. The molecule has 0 atom stereocenters. The molecule has 2 nitrogen and oxygen atoms in total. The van der Waals surface area contributed by atoms with Crippen molar-refractivity contribution >= 4 is 17.4 Å². The number of hydrogen-bond acceptors (Lipinski definition) is 3. The van der Waals surface area contributed by atoms with E-state index in [2.05, 4.69) is 6.07 Å². The van der Waals surface area contributed by atoms with E-state index in [1.165, 1.54) is 5.56 Å². The van der Waals surface area contributed by atoms with Gasteiger partial charge >= 0.3 is 0 Å². The van der Waals surface area contributed by atoms with Gasteiger partial charge in [0.2, 0.25) is 0 Å². The van der Waals surface area contributed by atoms with Gasteiger partial charge in [0, 0.05) is 16.3 Å². The van der Waals surface area contributed by atoms with Crippen LogP contribution in [0.2, 0.25) is 0 Å². The lowest BCUT2D eigenvalue weighted by Gasteiger charge is -2.07. The average Bonchev–Trinajstić information content (AvgIpc) is 2.39. The monoisotopic (exact) mass is 254 g/mol. The highest BCUT2D eigenvalue weighted by atomic mass is 32.2. The Morgan fingerprint density at radius 2 is 2.00 bits per heavy atom. The Kier molecular flexibility index (Phi) is 3.91. The normalized spacial score (nSPS) is 10.0. The molecule has 0 spiro atoms. The molecule has 0 saturated heterocycles. The third kappa shape index (κ3) is 2.85. The molecule has 0 fully saturated rings. The van der Waals surface area contributed by atoms with Gasteiger partial charge in [-0.25, -0.2) is 0 Å². The zero-order valence-electron chi connectivity index (χ0n) is 10.2. The minimum Gasteiger partial charge on any atom is -0.398 e. The van der Waals surface area contributed by atoms with Gasteiger partial charge in [0.25, 0.3) is 0 Å². The Bertz CT molecular complexity index is 600. The molecule has 2 aromatic rings. The van der Waals surface area contributed by atoms with E-state index in [1.54, 1.807) is 11.8 Å². The van der Waals surface area contributed by atoms with E-state index < -0.39 is 0 Å². The first-order chi connectivity index (χ1) is 8.70. The molecule has 0 aliphatic rings. The number of anilines is 1. The van der Waals surface area contributed by atoms with Crippen molar-refractivity contribution in [2.75, 3.05) is 5.73 Å². The summed E-state index contributed by atoms with van der Waals surface area (Å²) in [6.45, 7) is 2.03. The molecule has 0 heterocycles. The predicted octanol–water partition coefficient (Wildman–Crippen LogP) is 3.74. The highest BCUT2D eigenvalue weighted by Crippen LogP contribution is 2.28. The van der Waals surface area contributed by atoms with Crippen molar-refractivity contribution in [3.05, 3.63) is 59.2 Å². The third-order valence-corrected chi connectivity index (χ3v) is 3.91. The van der Waals surface area contributed by atoms with Crippen LogP contribution in [0, 0.1) is 18.3 Å². The summed E-state index contributed by atoms with van der Waals surface area (Å²) >= 11 is 1.72. The van der Waals surface area contributed by atoms with Gasteiger partial charge in [0.15, 0.2) is 0 Å². The zero-order valence-corrected chi connectivity index (χ0v) is 11.0. The second kappa shape index (κ2) is 5.61. The van der Waals surface area contributed by atoms with Crippen LogP contribution in [0.3, 0.4) is 0 Å². The maximum absolute atomic E-state index is 8.83. The average molecular weight is 254 g/mol. The van der Waals surface area contributed by atoms with Gasteiger partial charge in [-0.2, -0.15) is 5.26 Å². The second-order valence-corrected chi connectivity index (χ2v) is 5.10. The van der Waals surface area contributed by atoms with Gasteiger partial charge in [-0.05, 0) is 42.3 Å². The van der Waals surface area contributed by atoms with Crippen molar-refractivity contribution in [1.82, 2.24) is 0 Å². The van der Waals surface area contributed by atoms with E-state index in [9.17, 15) is 0 Å². The molecule has 2 N–H and O–H groups in total. The molecule has 2 aromatic carbocycles. The smallest absolute Gasteiger partial charge is 0.0991 e. The Morgan fingerprint density at radius 3 is 2.67 bits per heavy atom. The number of hydrogen-bond donors (Lipinski definition) is 1. The summed E-state index contributed by atoms with van der Waals surface area (Å²) in [6, 6.07) is 15.8. The topological polar surface area (TPSA) is 49.8 Å². The molecule has 0 bridgehead atoms. The molecule has 0 amide bonds.